The summed E-state index contributed by atoms with van der Waals surface area (Å²) in [6.07, 6.45) is -0.650. The molecule has 1 rings (SSSR count). The van der Waals surface area contributed by atoms with Gasteiger partial charge in [-0.15, -0.1) is 11.8 Å². The average Bonchev–Trinajstić information content (AvgIpc) is 2.39. The normalized spacial score (nSPS) is 11.7. The summed E-state index contributed by atoms with van der Waals surface area (Å²) in [6.45, 7) is 0. The first-order chi connectivity index (χ1) is 9.88. The number of carboxylic acids is 2. The van der Waals surface area contributed by atoms with Crippen LogP contribution in [0.4, 0.5) is 0 Å². The number of hydrogen-bond acceptors (Lipinski definition) is 4. The van der Waals surface area contributed by atoms with E-state index in [0.29, 0.717) is 10.8 Å². The highest BCUT2D eigenvalue weighted by Crippen LogP contribution is 2.15. The minimum absolute atomic E-state index is 0.0476. The van der Waals surface area contributed by atoms with Gasteiger partial charge in [-0.25, -0.2) is 4.79 Å². The van der Waals surface area contributed by atoms with E-state index in [1.54, 1.807) is 12.1 Å². The van der Waals surface area contributed by atoms with E-state index in [-0.39, 0.29) is 5.75 Å². The summed E-state index contributed by atoms with van der Waals surface area (Å²) in [4.78, 5) is 32.9. The lowest BCUT2D eigenvalue weighted by Gasteiger charge is -2.12. The maximum absolute atomic E-state index is 11.6. The molecule has 0 heterocycles. The van der Waals surface area contributed by atoms with Crippen LogP contribution < -0.4 is 5.32 Å². The lowest BCUT2D eigenvalue weighted by atomic mass is 10.2. The molecule has 114 valence electrons. The van der Waals surface area contributed by atoms with Gasteiger partial charge in [0.25, 0.3) is 0 Å². The van der Waals surface area contributed by atoms with Crippen LogP contribution in [-0.2, 0) is 20.1 Å². The van der Waals surface area contributed by atoms with Gasteiger partial charge in [-0.2, -0.15) is 0 Å². The third kappa shape index (κ3) is 7.01. The standard InChI is InChI=1S/C13H14ClNO5S/c14-9-3-1-8(2-4-9)6-21-7-11(16)15-10(13(19)20)5-12(17)18/h1-4,10H,5-7H2,(H,15,16)(H,17,18)(H,19,20)/t10-/m1/s1. The van der Waals surface area contributed by atoms with Gasteiger partial charge in [0.15, 0.2) is 0 Å². The number of nitrogens with one attached hydrogen (secondary N) is 1. The average molecular weight is 332 g/mol. The summed E-state index contributed by atoms with van der Waals surface area (Å²) in [7, 11) is 0. The Balaban J connectivity index is 2.37. The summed E-state index contributed by atoms with van der Waals surface area (Å²) in [5.74, 6) is -2.54. The fourth-order valence-electron chi connectivity index (χ4n) is 1.45. The highest BCUT2D eigenvalue weighted by Gasteiger charge is 2.22. The van der Waals surface area contributed by atoms with Crippen molar-refractivity contribution in [1.29, 1.82) is 0 Å². The van der Waals surface area contributed by atoms with Gasteiger partial charge in [0, 0.05) is 10.8 Å². The van der Waals surface area contributed by atoms with Crippen LogP contribution in [0, 0.1) is 0 Å². The van der Waals surface area contributed by atoms with E-state index < -0.39 is 30.3 Å². The number of hydrogen-bond donors (Lipinski definition) is 3. The van der Waals surface area contributed by atoms with Gasteiger partial charge in [0.1, 0.15) is 6.04 Å². The Kier molecular flexibility index (Phi) is 7.04. The zero-order chi connectivity index (χ0) is 15.8. The molecule has 0 unspecified atom stereocenters. The molecule has 1 aromatic carbocycles. The van der Waals surface area contributed by atoms with Crippen LogP contribution in [-0.4, -0.2) is 39.9 Å². The van der Waals surface area contributed by atoms with Crippen molar-refractivity contribution < 1.29 is 24.6 Å². The third-order valence-corrected chi connectivity index (χ3v) is 3.68. The zero-order valence-corrected chi connectivity index (χ0v) is 12.5. The summed E-state index contributed by atoms with van der Waals surface area (Å²) in [6, 6.07) is 5.73. The smallest absolute Gasteiger partial charge is 0.326 e. The van der Waals surface area contributed by atoms with Gasteiger partial charge in [0.05, 0.1) is 12.2 Å². The van der Waals surface area contributed by atoms with Gasteiger partial charge in [-0.05, 0) is 17.7 Å². The van der Waals surface area contributed by atoms with E-state index in [2.05, 4.69) is 5.32 Å². The number of aliphatic carboxylic acids is 2. The van der Waals surface area contributed by atoms with E-state index in [1.165, 1.54) is 11.8 Å². The Hall–Kier alpha value is -1.73. The number of amides is 1. The molecule has 0 aliphatic rings. The topological polar surface area (TPSA) is 104 Å². The van der Waals surface area contributed by atoms with Crippen LogP contribution in [0.25, 0.3) is 0 Å². The molecule has 0 saturated heterocycles. The SMILES string of the molecule is O=C(O)C[C@@H](NC(=O)CSCc1ccc(Cl)cc1)C(=O)O. The molecule has 0 radical (unpaired) electrons. The molecule has 0 aliphatic carbocycles. The number of thioether (sulfide) groups is 1. The summed E-state index contributed by atoms with van der Waals surface area (Å²) in [5, 5.41) is 20.2. The number of carboxylic acid groups (broad SMARTS) is 2. The molecule has 0 aromatic heterocycles. The number of carbonyl (C=O) groups is 3. The lowest BCUT2D eigenvalue weighted by Crippen LogP contribution is -2.43. The molecule has 6 nitrogen and oxygen atoms in total. The van der Waals surface area contributed by atoms with Crippen LogP contribution in [0.15, 0.2) is 24.3 Å². The molecule has 0 fully saturated rings. The van der Waals surface area contributed by atoms with Gasteiger partial charge >= 0.3 is 11.9 Å². The van der Waals surface area contributed by atoms with E-state index in [4.69, 9.17) is 21.8 Å². The summed E-state index contributed by atoms with van der Waals surface area (Å²) >= 11 is 7.05. The van der Waals surface area contributed by atoms with Crippen LogP contribution >= 0.6 is 23.4 Å². The van der Waals surface area contributed by atoms with Crippen LogP contribution in [0.3, 0.4) is 0 Å². The van der Waals surface area contributed by atoms with Crippen LogP contribution in [0.5, 0.6) is 0 Å². The van der Waals surface area contributed by atoms with E-state index in [9.17, 15) is 14.4 Å². The fraction of sp³-hybridized carbons (Fsp3) is 0.308. The first-order valence-corrected chi connectivity index (χ1v) is 7.48. The summed E-state index contributed by atoms with van der Waals surface area (Å²) < 4.78 is 0. The fourth-order valence-corrected chi connectivity index (χ4v) is 2.38. The molecule has 0 saturated carbocycles. The second kappa shape index (κ2) is 8.53. The molecule has 0 aliphatic heterocycles. The Bertz CT molecular complexity index is 520. The zero-order valence-electron chi connectivity index (χ0n) is 10.9. The monoisotopic (exact) mass is 331 g/mol. The van der Waals surface area contributed by atoms with Gasteiger partial charge < -0.3 is 15.5 Å². The first kappa shape index (κ1) is 17.3. The van der Waals surface area contributed by atoms with Gasteiger partial charge in [-0.1, -0.05) is 23.7 Å². The van der Waals surface area contributed by atoms with Crippen molar-refractivity contribution in [2.45, 2.75) is 18.2 Å². The number of rotatable bonds is 8. The van der Waals surface area contributed by atoms with Crippen molar-refractivity contribution in [2.75, 3.05) is 5.75 Å². The first-order valence-electron chi connectivity index (χ1n) is 5.94. The van der Waals surface area contributed by atoms with Crippen molar-refractivity contribution in [3.63, 3.8) is 0 Å². The Labute approximate surface area is 130 Å². The van der Waals surface area contributed by atoms with E-state index in [1.807, 2.05) is 12.1 Å². The quantitative estimate of drug-likeness (QED) is 0.668. The molecule has 1 aromatic rings. The number of benzene rings is 1. The van der Waals surface area contributed by atoms with Crippen LogP contribution in [0.1, 0.15) is 12.0 Å². The molecule has 21 heavy (non-hydrogen) atoms. The second-order valence-electron chi connectivity index (χ2n) is 4.18. The van der Waals surface area contributed by atoms with E-state index in [0.717, 1.165) is 5.56 Å². The molecule has 3 N–H and O–H groups in total. The molecule has 0 bridgehead atoms. The molecule has 1 atom stereocenters. The Morgan fingerprint density at radius 3 is 2.33 bits per heavy atom. The van der Waals surface area contributed by atoms with Crippen molar-refractivity contribution >= 4 is 41.2 Å². The maximum Gasteiger partial charge on any atom is 0.326 e. The predicted octanol–water partition coefficient (Wildman–Crippen LogP) is 1.62. The van der Waals surface area contributed by atoms with Gasteiger partial charge in [-0.3, -0.25) is 9.59 Å². The minimum Gasteiger partial charge on any atom is -0.481 e. The molecule has 1 amide bonds. The largest absolute Gasteiger partial charge is 0.481 e. The van der Waals surface area contributed by atoms with Crippen molar-refractivity contribution in [1.82, 2.24) is 5.32 Å². The van der Waals surface area contributed by atoms with Crippen molar-refractivity contribution in [2.24, 2.45) is 0 Å². The van der Waals surface area contributed by atoms with E-state index >= 15 is 0 Å². The number of carbonyl (C=O) groups excluding carboxylic acids is 1. The van der Waals surface area contributed by atoms with Gasteiger partial charge in [0.2, 0.25) is 5.91 Å². The molecular weight excluding hydrogens is 318 g/mol. The maximum atomic E-state index is 11.6. The second-order valence-corrected chi connectivity index (χ2v) is 5.60. The molecular formula is C13H14ClNO5S. The van der Waals surface area contributed by atoms with Crippen molar-refractivity contribution in [3.8, 4) is 0 Å². The van der Waals surface area contributed by atoms with Crippen molar-refractivity contribution in [3.05, 3.63) is 34.9 Å². The lowest BCUT2D eigenvalue weighted by molar-refractivity contribution is -0.147. The number of halogens is 1. The third-order valence-electron chi connectivity index (χ3n) is 2.43. The van der Waals surface area contributed by atoms with Crippen LogP contribution in [0.2, 0.25) is 5.02 Å². The Morgan fingerprint density at radius 2 is 1.81 bits per heavy atom. The Morgan fingerprint density at radius 1 is 1.19 bits per heavy atom. The predicted molar refractivity (Wildman–Crippen MR) is 79.4 cm³/mol. The highest BCUT2D eigenvalue weighted by atomic mass is 35.5. The molecule has 8 heteroatoms. The minimum atomic E-state index is -1.41. The highest BCUT2D eigenvalue weighted by molar-refractivity contribution is 7.99. The molecule has 0 spiro atoms. The summed E-state index contributed by atoms with van der Waals surface area (Å²) in [5.41, 5.74) is 0.984.